The molecule has 1 saturated heterocycles. The third-order valence-corrected chi connectivity index (χ3v) is 5.32. The molecule has 0 spiro atoms. The molecule has 0 bridgehead atoms. The first-order valence-electron chi connectivity index (χ1n) is 9.05. The first-order chi connectivity index (χ1) is 13.4. The maximum atomic E-state index is 13.7. The summed E-state index contributed by atoms with van der Waals surface area (Å²) in [6.45, 7) is 3.33. The van der Waals surface area contributed by atoms with Crippen LogP contribution in [0.25, 0.3) is 10.9 Å². The van der Waals surface area contributed by atoms with Crippen LogP contribution in [0.4, 0.5) is 4.39 Å². The summed E-state index contributed by atoms with van der Waals surface area (Å²) in [4.78, 5) is 31.9. The van der Waals surface area contributed by atoms with E-state index in [1.54, 1.807) is 41.0 Å². The fourth-order valence-electron chi connectivity index (χ4n) is 3.41. The Balaban J connectivity index is 1.43. The summed E-state index contributed by atoms with van der Waals surface area (Å²) in [6.07, 6.45) is 0. The quantitative estimate of drug-likeness (QED) is 0.711. The van der Waals surface area contributed by atoms with Gasteiger partial charge in [0, 0.05) is 47.7 Å². The van der Waals surface area contributed by atoms with Gasteiger partial charge in [0.15, 0.2) is 0 Å². The lowest BCUT2D eigenvalue weighted by Gasteiger charge is -2.34. The van der Waals surface area contributed by atoms with Gasteiger partial charge in [-0.1, -0.05) is 17.7 Å². The van der Waals surface area contributed by atoms with Gasteiger partial charge in [0.2, 0.25) is 0 Å². The Morgan fingerprint density at radius 1 is 0.964 bits per heavy atom. The topological polar surface area (TPSA) is 56.4 Å². The van der Waals surface area contributed by atoms with E-state index in [1.165, 1.54) is 6.07 Å². The number of carbonyl (C=O) groups excluding carboxylic acids is 2. The first kappa shape index (κ1) is 18.5. The Kier molecular flexibility index (Phi) is 4.81. The summed E-state index contributed by atoms with van der Waals surface area (Å²) >= 11 is 6.00. The highest BCUT2D eigenvalue weighted by Gasteiger charge is 2.26. The largest absolute Gasteiger partial charge is 0.351 e. The second-order valence-corrected chi connectivity index (χ2v) is 7.40. The molecule has 3 aromatic rings. The third-order valence-electron chi connectivity index (χ3n) is 5.09. The second kappa shape index (κ2) is 7.28. The molecule has 2 amide bonds. The molecule has 1 aromatic heterocycles. The number of aromatic nitrogens is 1. The number of hydrogen-bond donors (Lipinski definition) is 1. The number of aromatic amines is 1. The number of hydrogen-bond acceptors (Lipinski definition) is 2. The molecule has 7 heteroatoms. The lowest BCUT2D eigenvalue weighted by molar-refractivity contribution is 0.0532. The number of rotatable bonds is 2. The molecule has 28 heavy (non-hydrogen) atoms. The molecule has 1 aliphatic rings. The van der Waals surface area contributed by atoms with Crippen LogP contribution in [0.15, 0.2) is 42.5 Å². The van der Waals surface area contributed by atoms with Gasteiger partial charge in [0.1, 0.15) is 11.5 Å². The van der Waals surface area contributed by atoms with Crippen molar-refractivity contribution in [3.63, 3.8) is 0 Å². The standard InChI is InChI=1S/C21H19ClFN3O2/c1-13-2-3-14(11-17(13)23)20(27)25-6-8-26(9-7-25)21(28)19-12-15-10-16(22)4-5-18(15)24-19/h2-5,10-12,24H,6-9H2,1H3. The fraction of sp³-hybridized carbons (Fsp3) is 0.238. The zero-order valence-electron chi connectivity index (χ0n) is 15.3. The van der Waals surface area contributed by atoms with Gasteiger partial charge in [0.25, 0.3) is 11.8 Å². The van der Waals surface area contributed by atoms with Gasteiger partial charge >= 0.3 is 0 Å². The predicted octanol–water partition coefficient (Wildman–Crippen LogP) is 3.87. The van der Waals surface area contributed by atoms with Crippen molar-refractivity contribution in [1.29, 1.82) is 0 Å². The third kappa shape index (κ3) is 3.47. The Hall–Kier alpha value is -2.86. The summed E-state index contributed by atoms with van der Waals surface area (Å²) < 4.78 is 13.7. The lowest BCUT2D eigenvalue weighted by atomic mass is 10.1. The fourth-order valence-corrected chi connectivity index (χ4v) is 3.59. The van der Waals surface area contributed by atoms with Gasteiger partial charge in [-0.3, -0.25) is 9.59 Å². The molecular weight excluding hydrogens is 381 g/mol. The van der Waals surface area contributed by atoms with Crippen LogP contribution < -0.4 is 0 Å². The van der Waals surface area contributed by atoms with Crippen LogP contribution in [0.1, 0.15) is 26.4 Å². The summed E-state index contributed by atoms with van der Waals surface area (Å²) in [7, 11) is 0. The van der Waals surface area contributed by atoms with Gasteiger partial charge in [-0.25, -0.2) is 4.39 Å². The molecule has 1 fully saturated rings. The molecule has 1 aliphatic heterocycles. The minimum absolute atomic E-state index is 0.110. The number of amides is 2. The van der Waals surface area contributed by atoms with Crippen molar-refractivity contribution >= 4 is 34.3 Å². The molecule has 2 heterocycles. The molecule has 0 radical (unpaired) electrons. The minimum atomic E-state index is -0.390. The van der Waals surface area contributed by atoms with Crippen LogP contribution >= 0.6 is 11.6 Å². The zero-order valence-corrected chi connectivity index (χ0v) is 16.1. The maximum Gasteiger partial charge on any atom is 0.270 e. The van der Waals surface area contributed by atoms with Crippen LogP contribution in [0.3, 0.4) is 0 Å². The molecule has 5 nitrogen and oxygen atoms in total. The zero-order chi connectivity index (χ0) is 19.8. The summed E-state index contributed by atoms with van der Waals surface area (Å²) in [6, 6.07) is 11.7. The van der Waals surface area contributed by atoms with Crippen molar-refractivity contribution in [3.8, 4) is 0 Å². The van der Waals surface area contributed by atoms with Gasteiger partial charge in [-0.15, -0.1) is 0 Å². The highest BCUT2D eigenvalue weighted by molar-refractivity contribution is 6.31. The molecule has 0 atom stereocenters. The van der Waals surface area contributed by atoms with Crippen LogP contribution in [0.2, 0.25) is 5.02 Å². The lowest BCUT2D eigenvalue weighted by Crippen LogP contribution is -2.50. The first-order valence-corrected chi connectivity index (χ1v) is 9.43. The highest BCUT2D eigenvalue weighted by Crippen LogP contribution is 2.21. The van der Waals surface area contributed by atoms with E-state index in [-0.39, 0.29) is 11.8 Å². The maximum absolute atomic E-state index is 13.7. The van der Waals surface area contributed by atoms with E-state index < -0.39 is 5.82 Å². The predicted molar refractivity (Wildman–Crippen MR) is 106 cm³/mol. The number of H-pyrrole nitrogens is 1. The monoisotopic (exact) mass is 399 g/mol. The van der Waals surface area contributed by atoms with Gasteiger partial charge < -0.3 is 14.8 Å². The van der Waals surface area contributed by atoms with Crippen molar-refractivity contribution in [3.05, 3.63) is 70.1 Å². The van der Waals surface area contributed by atoms with Crippen LogP contribution in [-0.2, 0) is 0 Å². The average molecular weight is 400 g/mol. The van der Waals surface area contributed by atoms with Crippen molar-refractivity contribution in [2.45, 2.75) is 6.92 Å². The average Bonchev–Trinajstić information content (AvgIpc) is 3.12. The normalized spacial score (nSPS) is 14.5. The number of carbonyl (C=O) groups is 2. The Bertz CT molecular complexity index is 1070. The second-order valence-electron chi connectivity index (χ2n) is 6.96. The smallest absolute Gasteiger partial charge is 0.270 e. The van der Waals surface area contributed by atoms with Crippen molar-refractivity contribution < 1.29 is 14.0 Å². The Labute approximate surface area is 166 Å². The van der Waals surface area contributed by atoms with E-state index in [2.05, 4.69) is 4.98 Å². The van der Waals surface area contributed by atoms with Gasteiger partial charge in [-0.2, -0.15) is 0 Å². The van der Waals surface area contributed by atoms with Crippen molar-refractivity contribution in [2.75, 3.05) is 26.2 Å². The van der Waals surface area contributed by atoms with Crippen LogP contribution in [0.5, 0.6) is 0 Å². The Morgan fingerprint density at radius 2 is 1.64 bits per heavy atom. The number of benzene rings is 2. The molecule has 4 rings (SSSR count). The molecule has 0 unspecified atom stereocenters. The molecule has 0 saturated carbocycles. The van der Waals surface area contributed by atoms with Crippen molar-refractivity contribution in [2.24, 2.45) is 0 Å². The van der Waals surface area contributed by atoms with Gasteiger partial charge in [0.05, 0.1) is 0 Å². The van der Waals surface area contributed by atoms with E-state index in [1.807, 2.05) is 12.1 Å². The number of aryl methyl sites for hydroxylation is 1. The molecule has 2 aromatic carbocycles. The number of halogens is 2. The minimum Gasteiger partial charge on any atom is -0.351 e. The summed E-state index contributed by atoms with van der Waals surface area (Å²) in [5.74, 6) is -0.717. The number of piperazine rings is 1. The van der Waals surface area contributed by atoms with Crippen molar-refractivity contribution in [1.82, 2.24) is 14.8 Å². The molecule has 0 aliphatic carbocycles. The molecular formula is C21H19ClFN3O2. The number of nitrogens with one attached hydrogen (secondary N) is 1. The van der Waals surface area contributed by atoms with Crippen LogP contribution in [0, 0.1) is 12.7 Å². The van der Waals surface area contributed by atoms with E-state index in [9.17, 15) is 14.0 Å². The van der Waals surface area contributed by atoms with Crippen LogP contribution in [-0.4, -0.2) is 52.8 Å². The van der Waals surface area contributed by atoms with E-state index in [4.69, 9.17) is 11.6 Å². The SMILES string of the molecule is Cc1ccc(C(=O)N2CCN(C(=O)c3cc4cc(Cl)ccc4[nH]3)CC2)cc1F. The van der Waals surface area contributed by atoms with E-state index >= 15 is 0 Å². The number of fused-ring (bicyclic) bond motifs is 1. The highest BCUT2D eigenvalue weighted by atomic mass is 35.5. The Morgan fingerprint density at radius 3 is 2.32 bits per heavy atom. The van der Waals surface area contributed by atoms with E-state index in [0.29, 0.717) is 48.0 Å². The number of nitrogens with zero attached hydrogens (tertiary/aromatic N) is 2. The molecule has 144 valence electrons. The summed E-state index contributed by atoms with van der Waals surface area (Å²) in [5.41, 5.74) is 2.18. The summed E-state index contributed by atoms with van der Waals surface area (Å²) in [5, 5.41) is 1.50. The van der Waals surface area contributed by atoms with Gasteiger partial charge in [-0.05, 0) is 48.9 Å². The molecule has 1 N–H and O–H groups in total. The van der Waals surface area contributed by atoms with E-state index in [0.717, 1.165) is 10.9 Å².